The van der Waals surface area contributed by atoms with Gasteiger partial charge in [0.25, 0.3) is 0 Å². The molecule has 0 amide bonds. The summed E-state index contributed by atoms with van der Waals surface area (Å²) in [6, 6.07) is 27.8. The number of benzene rings is 3. The third kappa shape index (κ3) is 4.36. The summed E-state index contributed by atoms with van der Waals surface area (Å²) >= 11 is 3.56. The van der Waals surface area contributed by atoms with Crippen molar-refractivity contribution in [1.82, 2.24) is 15.0 Å². The molecule has 0 aliphatic rings. The fourth-order valence-corrected chi connectivity index (χ4v) is 4.11. The van der Waals surface area contributed by atoms with Crippen LogP contribution in [0.25, 0.3) is 10.9 Å². The zero-order valence-corrected chi connectivity index (χ0v) is 19.1. The number of nitrogen functional groups attached to an aromatic ring is 1. The van der Waals surface area contributed by atoms with Gasteiger partial charge in [-0.15, -0.1) is 0 Å². The van der Waals surface area contributed by atoms with Crippen LogP contribution in [-0.4, -0.2) is 15.0 Å². The standard InChI is InChI=1S/C26H20BrN5O/c27-20-13-14-21(24-19(20)12-7-15-29-24)33-26-22(28)25(30-16-31-26)32-23(17-8-3-1-4-9-17)18-10-5-2-6-11-18/h1-16,23H,28H2,(H,30,31,32). The molecule has 0 aliphatic heterocycles. The molecule has 2 aromatic heterocycles. The molecule has 0 unspecified atom stereocenters. The minimum atomic E-state index is -0.146. The van der Waals surface area contributed by atoms with Gasteiger partial charge in [0, 0.05) is 16.1 Å². The van der Waals surface area contributed by atoms with Crippen LogP contribution in [0.5, 0.6) is 11.6 Å². The van der Waals surface area contributed by atoms with Crippen molar-refractivity contribution < 1.29 is 4.74 Å². The molecule has 0 saturated heterocycles. The first kappa shape index (κ1) is 20.9. The summed E-state index contributed by atoms with van der Waals surface area (Å²) in [5.74, 6) is 1.32. The second kappa shape index (κ2) is 9.26. The van der Waals surface area contributed by atoms with Crippen LogP contribution in [0.15, 0.2) is 102 Å². The minimum Gasteiger partial charge on any atom is -0.435 e. The van der Waals surface area contributed by atoms with Gasteiger partial charge >= 0.3 is 0 Å². The summed E-state index contributed by atoms with van der Waals surface area (Å²) in [6.07, 6.45) is 3.16. The van der Waals surface area contributed by atoms with Gasteiger partial charge in [-0.3, -0.25) is 4.98 Å². The first-order valence-electron chi connectivity index (χ1n) is 10.4. The third-order valence-electron chi connectivity index (χ3n) is 5.28. The maximum absolute atomic E-state index is 6.47. The monoisotopic (exact) mass is 497 g/mol. The van der Waals surface area contributed by atoms with Crippen LogP contribution in [0, 0.1) is 0 Å². The van der Waals surface area contributed by atoms with Crippen LogP contribution in [0.2, 0.25) is 0 Å². The van der Waals surface area contributed by atoms with E-state index in [1.807, 2.05) is 60.7 Å². The maximum atomic E-state index is 6.47. The lowest BCUT2D eigenvalue weighted by Crippen LogP contribution is -2.15. The number of hydrogen-bond acceptors (Lipinski definition) is 6. The van der Waals surface area contributed by atoms with E-state index < -0.39 is 0 Å². The number of halogens is 1. The smallest absolute Gasteiger partial charge is 0.248 e. The lowest BCUT2D eigenvalue weighted by molar-refractivity contribution is 0.468. The second-order valence-electron chi connectivity index (χ2n) is 7.39. The maximum Gasteiger partial charge on any atom is 0.248 e. The normalized spacial score (nSPS) is 11.0. The first-order valence-corrected chi connectivity index (χ1v) is 11.2. The molecule has 0 fully saturated rings. The molecule has 33 heavy (non-hydrogen) atoms. The Kier molecular flexibility index (Phi) is 5.87. The van der Waals surface area contributed by atoms with E-state index in [4.69, 9.17) is 10.5 Å². The molecule has 3 aromatic carbocycles. The van der Waals surface area contributed by atoms with Crippen LogP contribution in [-0.2, 0) is 0 Å². The predicted molar refractivity (Wildman–Crippen MR) is 134 cm³/mol. The number of nitrogens with two attached hydrogens (primary N) is 1. The van der Waals surface area contributed by atoms with Crippen LogP contribution < -0.4 is 15.8 Å². The van der Waals surface area contributed by atoms with Gasteiger partial charge < -0.3 is 15.8 Å². The molecular weight excluding hydrogens is 478 g/mol. The van der Waals surface area contributed by atoms with Crippen molar-refractivity contribution in [3.63, 3.8) is 0 Å². The summed E-state index contributed by atoms with van der Waals surface area (Å²) in [5, 5.41) is 4.41. The zero-order chi connectivity index (χ0) is 22.6. The first-order chi connectivity index (χ1) is 16.2. The molecule has 0 aliphatic carbocycles. The highest BCUT2D eigenvalue weighted by molar-refractivity contribution is 9.10. The Morgan fingerprint density at radius 2 is 1.48 bits per heavy atom. The molecule has 0 radical (unpaired) electrons. The van der Waals surface area contributed by atoms with Gasteiger partial charge in [0.2, 0.25) is 5.88 Å². The summed E-state index contributed by atoms with van der Waals surface area (Å²) < 4.78 is 7.05. The van der Waals surface area contributed by atoms with Gasteiger partial charge in [0.15, 0.2) is 11.6 Å². The Bertz CT molecular complexity index is 1360. The van der Waals surface area contributed by atoms with Gasteiger partial charge in [-0.1, -0.05) is 82.7 Å². The number of hydrogen-bond donors (Lipinski definition) is 2. The van der Waals surface area contributed by atoms with E-state index in [0.29, 0.717) is 22.8 Å². The SMILES string of the molecule is Nc1c(NC(c2ccccc2)c2ccccc2)ncnc1Oc1ccc(Br)c2cccnc12. The van der Waals surface area contributed by atoms with Crippen LogP contribution in [0.3, 0.4) is 0 Å². The average molecular weight is 498 g/mol. The summed E-state index contributed by atoms with van der Waals surface area (Å²) in [5.41, 5.74) is 9.68. The largest absolute Gasteiger partial charge is 0.435 e. The molecule has 162 valence electrons. The van der Waals surface area contributed by atoms with Crippen molar-refractivity contribution >= 4 is 38.3 Å². The lowest BCUT2D eigenvalue weighted by Gasteiger charge is -2.21. The van der Waals surface area contributed by atoms with E-state index in [0.717, 1.165) is 21.0 Å². The molecule has 5 aromatic rings. The minimum absolute atomic E-state index is 0.146. The number of ether oxygens (including phenoxy) is 1. The van der Waals surface area contributed by atoms with E-state index in [-0.39, 0.29) is 11.9 Å². The van der Waals surface area contributed by atoms with Crippen molar-refractivity contribution in [2.45, 2.75) is 6.04 Å². The van der Waals surface area contributed by atoms with Crippen molar-refractivity contribution in [2.75, 3.05) is 11.1 Å². The van der Waals surface area contributed by atoms with E-state index in [1.165, 1.54) is 6.33 Å². The highest BCUT2D eigenvalue weighted by atomic mass is 79.9. The van der Waals surface area contributed by atoms with Crippen molar-refractivity contribution in [3.8, 4) is 11.6 Å². The second-order valence-corrected chi connectivity index (χ2v) is 8.24. The van der Waals surface area contributed by atoms with E-state index >= 15 is 0 Å². The van der Waals surface area contributed by atoms with Gasteiger partial charge in [-0.2, -0.15) is 4.98 Å². The number of aromatic nitrogens is 3. The fourth-order valence-electron chi connectivity index (χ4n) is 3.66. The Balaban J connectivity index is 1.50. The van der Waals surface area contributed by atoms with Crippen LogP contribution in [0.1, 0.15) is 17.2 Å². The molecule has 5 rings (SSSR count). The van der Waals surface area contributed by atoms with Crippen LogP contribution in [0.4, 0.5) is 11.5 Å². The molecule has 0 saturated carbocycles. The average Bonchev–Trinajstić information content (AvgIpc) is 2.87. The van der Waals surface area contributed by atoms with E-state index in [9.17, 15) is 0 Å². The predicted octanol–water partition coefficient (Wildman–Crippen LogP) is 6.36. The molecular formula is C26H20BrN5O. The number of pyridine rings is 1. The Morgan fingerprint density at radius 3 is 2.18 bits per heavy atom. The van der Waals surface area contributed by atoms with Crippen LogP contribution >= 0.6 is 15.9 Å². The van der Waals surface area contributed by atoms with Gasteiger partial charge in [0.1, 0.15) is 17.5 Å². The molecule has 3 N–H and O–H groups in total. The quantitative estimate of drug-likeness (QED) is 0.283. The molecule has 0 bridgehead atoms. The molecule has 7 heteroatoms. The zero-order valence-electron chi connectivity index (χ0n) is 17.5. The molecule has 0 atom stereocenters. The molecule has 6 nitrogen and oxygen atoms in total. The number of anilines is 2. The van der Waals surface area contributed by atoms with Crippen molar-refractivity contribution in [2.24, 2.45) is 0 Å². The number of rotatable bonds is 6. The van der Waals surface area contributed by atoms with E-state index in [1.54, 1.807) is 6.20 Å². The van der Waals surface area contributed by atoms with Gasteiger partial charge in [-0.25, -0.2) is 4.98 Å². The number of nitrogens with one attached hydrogen (secondary N) is 1. The summed E-state index contributed by atoms with van der Waals surface area (Å²) in [6.45, 7) is 0. The fraction of sp³-hybridized carbons (Fsp3) is 0.0385. The summed E-state index contributed by atoms with van der Waals surface area (Å²) in [4.78, 5) is 13.1. The number of fused-ring (bicyclic) bond motifs is 1. The van der Waals surface area contributed by atoms with E-state index in [2.05, 4.69) is 60.5 Å². The van der Waals surface area contributed by atoms with Crippen molar-refractivity contribution in [1.29, 1.82) is 0 Å². The third-order valence-corrected chi connectivity index (χ3v) is 5.97. The van der Waals surface area contributed by atoms with Gasteiger partial charge in [-0.05, 0) is 29.3 Å². The topological polar surface area (TPSA) is 86.0 Å². The Labute approximate surface area is 199 Å². The Hall–Kier alpha value is -3.97. The Morgan fingerprint density at radius 1 is 0.788 bits per heavy atom. The van der Waals surface area contributed by atoms with Gasteiger partial charge in [0.05, 0.1) is 6.04 Å². The summed E-state index contributed by atoms with van der Waals surface area (Å²) in [7, 11) is 0. The molecule has 0 spiro atoms. The number of nitrogens with zero attached hydrogens (tertiary/aromatic N) is 3. The van der Waals surface area contributed by atoms with Crippen molar-refractivity contribution in [3.05, 3.63) is 113 Å². The molecule has 2 heterocycles. The lowest BCUT2D eigenvalue weighted by atomic mass is 9.99. The highest BCUT2D eigenvalue weighted by Gasteiger charge is 2.19. The highest BCUT2D eigenvalue weighted by Crippen LogP contribution is 2.36.